The van der Waals surface area contributed by atoms with E-state index in [0.717, 1.165) is 11.0 Å². The lowest BCUT2D eigenvalue weighted by atomic mass is 10.2. The Kier molecular flexibility index (Phi) is 10.5. The number of rotatable bonds is 2. The van der Waals surface area contributed by atoms with Gasteiger partial charge in [0.05, 0.1) is 5.41 Å². The van der Waals surface area contributed by atoms with Crippen molar-refractivity contribution in [1.82, 2.24) is 25.0 Å². The summed E-state index contributed by atoms with van der Waals surface area (Å²) in [6.45, 7) is -1.27. The van der Waals surface area contributed by atoms with Gasteiger partial charge >= 0.3 is 12.2 Å². The number of hydrogen-bond donors (Lipinski definition) is 4. The SMILES string of the molecule is O=C1CCCCNC(=O)c2ccc(cc2)Nc2nc(nc(OCC(F)(F)F)n2)NCc2ccc(cc2)OC/C=C/S(=O)(=O)N1. The molecule has 17 heteroatoms. The number of alkyl halides is 3. The maximum absolute atomic E-state index is 12.8. The van der Waals surface area contributed by atoms with Crippen LogP contribution in [0.15, 0.2) is 60.0 Å². The maximum Gasteiger partial charge on any atom is 0.422 e. The van der Waals surface area contributed by atoms with Gasteiger partial charge in [-0.25, -0.2) is 13.1 Å². The third kappa shape index (κ3) is 10.7. The normalized spacial score (nSPS) is 17.2. The summed E-state index contributed by atoms with van der Waals surface area (Å²) in [7, 11) is -4.01. The van der Waals surface area contributed by atoms with Crippen molar-refractivity contribution in [3.63, 3.8) is 0 Å². The van der Waals surface area contributed by atoms with Gasteiger partial charge in [0.15, 0.2) is 6.61 Å². The fourth-order valence-corrected chi connectivity index (χ4v) is 4.51. The van der Waals surface area contributed by atoms with Gasteiger partial charge in [-0.15, -0.1) is 0 Å². The minimum Gasteiger partial charge on any atom is -0.490 e. The van der Waals surface area contributed by atoms with E-state index < -0.39 is 34.7 Å². The minimum atomic E-state index is -4.61. The highest BCUT2D eigenvalue weighted by Crippen LogP contribution is 2.21. The van der Waals surface area contributed by atoms with Crippen molar-refractivity contribution in [3.8, 4) is 11.8 Å². The van der Waals surface area contributed by atoms with Crippen LogP contribution in [0.25, 0.3) is 0 Å². The van der Waals surface area contributed by atoms with Crippen LogP contribution in [0.4, 0.5) is 30.8 Å². The standard InChI is InChI=1S/C27H28F3N7O6S/c28-27(29,30)17-43-26-35-24-32-16-18-5-11-21(12-6-18)42-14-3-15-44(40,41)37-22(38)4-1-2-13-31-23(39)19-7-9-20(10-8-19)33-25(34-24)36-26/h3,5-12,15H,1-2,4,13-14,16-17H2,(H,31,39)(H,37,38)(H2,32,33,34,35,36)/b15-3+. The van der Waals surface area contributed by atoms with Crippen LogP contribution >= 0.6 is 0 Å². The molecule has 44 heavy (non-hydrogen) atoms. The van der Waals surface area contributed by atoms with Crippen LogP contribution in [0.2, 0.25) is 0 Å². The average molecular weight is 636 g/mol. The van der Waals surface area contributed by atoms with Crippen molar-refractivity contribution in [1.29, 1.82) is 0 Å². The molecule has 2 aromatic carbocycles. The highest BCUT2D eigenvalue weighted by molar-refractivity contribution is 7.92. The number of sulfonamides is 1. The molecule has 234 valence electrons. The number of halogens is 3. The van der Waals surface area contributed by atoms with E-state index in [9.17, 15) is 31.2 Å². The second kappa shape index (κ2) is 14.5. The van der Waals surface area contributed by atoms with Crippen molar-refractivity contribution < 1.29 is 40.7 Å². The summed E-state index contributed by atoms with van der Waals surface area (Å²) < 4.78 is 74.8. The summed E-state index contributed by atoms with van der Waals surface area (Å²) in [5.41, 5.74) is 1.49. The first-order chi connectivity index (χ1) is 20.9. The lowest BCUT2D eigenvalue weighted by molar-refractivity contribution is -0.154. The number of carbonyl (C=O) groups excluding carboxylic acids is 2. The van der Waals surface area contributed by atoms with E-state index >= 15 is 0 Å². The summed E-state index contributed by atoms with van der Waals surface area (Å²) in [5.74, 6) is -0.778. The van der Waals surface area contributed by atoms with Crippen molar-refractivity contribution in [2.75, 3.05) is 30.4 Å². The van der Waals surface area contributed by atoms with Crippen LogP contribution in [0, 0.1) is 0 Å². The quantitative estimate of drug-likeness (QED) is 0.325. The first-order valence-electron chi connectivity index (χ1n) is 13.2. The molecule has 3 aliphatic rings. The predicted molar refractivity (Wildman–Crippen MR) is 153 cm³/mol. The lowest BCUT2D eigenvalue weighted by Gasteiger charge is -2.12. The molecule has 0 saturated carbocycles. The largest absolute Gasteiger partial charge is 0.490 e. The van der Waals surface area contributed by atoms with Gasteiger partial charge in [0.2, 0.25) is 17.8 Å². The second-order valence-electron chi connectivity index (χ2n) is 9.33. The van der Waals surface area contributed by atoms with E-state index in [1.165, 1.54) is 18.2 Å². The maximum atomic E-state index is 12.8. The molecule has 6 bridgehead atoms. The topological polar surface area (TPSA) is 174 Å². The molecule has 6 rings (SSSR count). The highest BCUT2D eigenvalue weighted by atomic mass is 32.2. The lowest BCUT2D eigenvalue weighted by Crippen LogP contribution is -2.29. The van der Waals surface area contributed by atoms with E-state index in [2.05, 4.69) is 30.9 Å². The third-order valence-electron chi connectivity index (χ3n) is 5.75. The Labute approximate surface area is 250 Å². The molecule has 0 radical (unpaired) electrons. The van der Waals surface area contributed by atoms with E-state index in [1.807, 2.05) is 4.72 Å². The third-order valence-corrected chi connectivity index (χ3v) is 6.81. The van der Waals surface area contributed by atoms with Gasteiger partial charge in [0.25, 0.3) is 15.9 Å². The zero-order valence-electron chi connectivity index (χ0n) is 23.1. The van der Waals surface area contributed by atoms with Crippen molar-refractivity contribution in [2.45, 2.75) is 32.0 Å². The Hall–Kier alpha value is -4.93. The molecule has 4 heterocycles. The van der Waals surface area contributed by atoms with Crippen LogP contribution in [-0.4, -0.2) is 61.1 Å². The molecular weight excluding hydrogens is 607 g/mol. The molecule has 2 amide bonds. The molecular formula is C27H28F3N7O6S. The molecule has 0 unspecified atom stereocenters. The van der Waals surface area contributed by atoms with Crippen molar-refractivity contribution in [3.05, 3.63) is 71.1 Å². The summed E-state index contributed by atoms with van der Waals surface area (Å²) in [5, 5.41) is 9.32. The fourth-order valence-electron chi connectivity index (χ4n) is 3.69. The van der Waals surface area contributed by atoms with Crippen LogP contribution < -0.4 is 30.1 Å². The molecule has 3 aliphatic heterocycles. The monoisotopic (exact) mass is 635 g/mol. The molecule has 4 N–H and O–H groups in total. The molecule has 0 fully saturated rings. The Balaban J connectivity index is 1.54. The second-order valence-corrected chi connectivity index (χ2v) is 10.9. The fraction of sp³-hybridized carbons (Fsp3) is 0.296. The van der Waals surface area contributed by atoms with Gasteiger partial charge in [-0.05, 0) is 60.9 Å². The molecule has 0 saturated heterocycles. The summed E-state index contributed by atoms with van der Waals surface area (Å²) in [6.07, 6.45) is -2.66. The van der Waals surface area contributed by atoms with Crippen molar-refractivity contribution >= 4 is 39.4 Å². The molecule has 0 atom stereocenters. The predicted octanol–water partition coefficient (Wildman–Crippen LogP) is 3.42. The first-order valence-corrected chi connectivity index (χ1v) is 14.8. The number of hydrogen-bond acceptors (Lipinski definition) is 11. The summed E-state index contributed by atoms with van der Waals surface area (Å²) in [4.78, 5) is 36.5. The Bertz CT molecular complexity index is 1580. The van der Waals surface area contributed by atoms with Crippen LogP contribution in [-0.2, 0) is 21.4 Å². The Morgan fingerprint density at radius 1 is 0.909 bits per heavy atom. The number of carbonyl (C=O) groups is 2. The smallest absolute Gasteiger partial charge is 0.422 e. The molecule has 13 nitrogen and oxygen atoms in total. The van der Waals surface area contributed by atoms with Crippen LogP contribution in [0.3, 0.4) is 0 Å². The van der Waals surface area contributed by atoms with Gasteiger partial charge < -0.3 is 25.4 Å². The highest BCUT2D eigenvalue weighted by Gasteiger charge is 2.29. The van der Waals surface area contributed by atoms with Crippen LogP contribution in [0.1, 0.15) is 35.2 Å². The van der Waals surface area contributed by atoms with Gasteiger partial charge in [-0.2, -0.15) is 28.1 Å². The van der Waals surface area contributed by atoms with E-state index in [4.69, 9.17) is 9.47 Å². The van der Waals surface area contributed by atoms with E-state index in [-0.39, 0.29) is 43.9 Å². The summed E-state index contributed by atoms with van der Waals surface area (Å²) in [6, 6.07) is 12.3. The zero-order valence-corrected chi connectivity index (χ0v) is 23.9. The molecule has 0 aliphatic carbocycles. The number of benzene rings is 2. The molecule has 1 aromatic heterocycles. The molecule has 0 spiro atoms. The Morgan fingerprint density at radius 2 is 1.64 bits per heavy atom. The zero-order chi connectivity index (χ0) is 31.6. The number of nitrogens with one attached hydrogen (secondary N) is 4. The average Bonchev–Trinajstić information content (AvgIpc) is 2.97. The minimum absolute atomic E-state index is 0.0528. The number of fused-ring (bicyclic) bond motifs is 2. The number of ether oxygens (including phenoxy) is 2. The number of amides is 2. The van der Waals surface area contributed by atoms with Gasteiger partial charge in [-0.1, -0.05) is 12.1 Å². The van der Waals surface area contributed by atoms with Gasteiger partial charge in [0.1, 0.15) is 12.4 Å². The van der Waals surface area contributed by atoms with Crippen LogP contribution in [0.5, 0.6) is 11.8 Å². The Morgan fingerprint density at radius 3 is 2.36 bits per heavy atom. The van der Waals surface area contributed by atoms with E-state index in [1.54, 1.807) is 36.4 Å². The van der Waals surface area contributed by atoms with Crippen molar-refractivity contribution in [2.24, 2.45) is 0 Å². The number of nitrogens with zero attached hydrogens (tertiary/aromatic N) is 3. The van der Waals surface area contributed by atoms with E-state index in [0.29, 0.717) is 29.8 Å². The summed E-state index contributed by atoms with van der Waals surface area (Å²) >= 11 is 0. The number of aromatic nitrogens is 3. The first kappa shape index (κ1) is 32.0. The van der Waals surface area contributed by atoms with Gasteiger partial charge in [0, 0.05) is 30.8 Å². The van der Waals surface area contributed by atoms with Gasteiger partial charge in [-0.3, -0.25) is 9.59 Å². The number of anilines is 3. The molecule has 3 aromatic rings.